The Balaban J connectivity index is 1.72. The van der Waals surface area contributed by atoms with Crippen LogP contribution in [0.5, 0.6) is 0 Å². The molecule has 2 aromatic heterocycles. The van der Waals surface area contributed by atoms with Crippen LogP contribution in [-0.2, 0) is 23.9 Å². The number of rotatable bonds is 8. The average Bonchev–Trinajstić information content (AvgIpc) is 3.23. The van der Waals surface area contributed by atoms with Crippen LogP contribution >= 0.6 is 15.9 Å². The van der Waals surface area contributed by atoms with Crippen molar-refractivity contribution in [3.05, 3.63) is 105 Å². The van der Waals surface area contributed by atoms with Crippen molar-refractivity contribution in [2.24, 2.45) is 5.73 Å². The predicted octanol–water partition coefficient (Wildman–Crippen LogP) is 5.34. The minimum atomic E-state index is -4.76. The summed E-state index contributed by atoms with van der Waals surface area (Å²) in [6, 6.07) is 8.35. The lowest BCUT2D eigenvalue weighted by molar-refractivity contribution is -0.142. The van der Waals surface area contributed by atoms with Crippen molar-refractivity contribution in [3.8, 4) is 11.1 Å². The molecule has 0 saturated heterocycles. The number of pyridine rings is 1. The zero-order valence-corrected chi connectivity index (χ0v) is 21.7. The first-order valence-corrected chi connectivity index (χ1v) is 12.2. The number of halogens is 7. The number of nitrogens with zero attached hydrogens (tertiary/aromatic N) is 3. The van der Waals surface area contributed by atoms with Gasteiger partial charge in [0.1, 0.15) is 24.0 Å². The van der Waals surface area contributed by atoms with Gasteiger partial charge >= 0.3 is 6.18 Å². The normalized spacial score (nSPS) is 12.3. The molecular formula is C26H18BrF6N5O2. The van der Waals surface area contributed by atoms with Crippen LogP contribution in [0.15, 0.2) is 65.4 Å². The van der Waals surface area contributed by atoms with E-state index in [2.05, 4.69) is 31.3 Å². The number of alkyl halides is 3. The van der Waals surface area contributed by atoms with E-state index in [0.717, 1.165) is 29.1 Å². The molecule has 2 heterocycles. The van der Waals surface area contributed by atoms with Gasteiger partial charge in [0, 0.05) is 24.0 Å². The molecule has 0 aliphatic heterocycles. The van der Waals surface area contributed by atoms with Crippen molar-refractivity contribution < 1.29 is 35.9 Å². The van der Waals surface area contributed by atoms with Crippen molar-refractivity contribution >= 4 is 27.7 Å². The summed E-state index contributed by atoms with van der Waals surface area (Å²) in [4.78, 5) is 29.0. The van der Waals surface area contributed by atoms with Gasteiger partial charge in [-0.2, -0.15) is 18.3 Å². The second-order valence-electron chi connectivity index (χ2n) is 8.62. The molecule has 0 bridgehead atoms. The number of primary amides is 1. The summed E-state index contributed by atoms with van der Waals surface area (Å²) >= 11 is 2.77. The molecule has 3 N–H and O–H groups in total. The van der Waals surface area contributed by atoms with Crippen LogP contribution in [0.1, 0.15) is 33.4 Å². The maximum absolute atomic E-state index is 14.1. The van der Waals surface area contributed by atoms with Gasteiger partial charge in [0.25, 0.3) is 5.91 Å². The fraction of sp³-hybridized carbons (Fsp3) is 0.154. The number of nitrogens with two attached hydrogens (primary N) is 1. The molecule has 14 heteroatoms. The van der Waals surface area contributed by atoms with Gasteiger partial charge in [-0.15, -0.1) is 0 Å². The molecule has 2 aromatic carbocycles. The number of amides is 2. The summed E-state index contributed by atoms with van der Waals surface area (Å²) in [7, 11) is 0. The predicted molar refractivity (Wildman–Crippen MR) is 134 cm³/mol. The topological polar surface area (TPSA) is 103 Å². The zero-order valence-electron chi connectivity index (χ0n) is 20.1. The Morgan fingerprint density at radius 3 is 2.38 bits per heavy atom. The van der Waals surface area contributed by atoms with Gasteiger partial charge < -0.3 is 11.1 Å². The lowest BCUT2D eigenvalue weighted by Gasteiger charge is -2.22. The molecule has 208 valence electrons. The van der Waals surface area contributed by atoms with E-state index in [1.54, 1.807) is 6.07 Å². The van der Waals surface area contributed by atoms with Gasteiger partial charge in [-0.1, -0.05) is 12.1 Å². The van der Waals surface area contributed by atoms with Crippen molar-refractivity contribution in [3.63, 3.8) is 0 Å². The first-order valence-electron chi connectivity index (χ1n) is 11.4. The minimum Gasteiger partial charge on any atom is -0.366 e. The summed E-state index contributed by atoms with van der Waals surface area (Å²) in [6.45, 7) is -0.632. The Labute approximate surface area is 231 Å². The van der Waals surface area contributed by atoms with Crippen LogP contribution in [0.4, 0.5) is 26.3 Å². The number of carbonyl (C=O) groups is 2. The van der Waals surface area contributed by atoms with E-state index in [1.807, 2.05) is 0 Å². The van der Waals surface area contributed by atoms with E-state index in [4.69, 9.17) is 5.73 Å². The highest BCUT2D eigenvalue weighted by molar-refractivity contribution is 9.10. The molecule has 4 rings (SSSR count). The van der Waals surface area contributed by atoms with E-state index in [-0.39, 0.29) is 22.2 Å². The zero-order chi connectivity index (χ0) is 29.2. The van der Waals surface area contributed by atoms with Crippen LogP contribution in [0.3, 0.4) is 0 Å². The number of hydrogen-bond donors (Lipinski definition) is 2. The molecule has 0 spiro atoms. The smallest absolute Gasteiger partial charge is 0.366 e. The average molecular weight is 626 g/mol. The second-order valence-corrected chi connectivity index (χ2v) is 9.47. The Kier molecular flexibility index (Phi) is 8.28. The molecule has 7 nitrogen and oxygen atoms in total. The molecule has 40 heavy (non-hydrogen) atoms. The molecule has 0 aliphatic rings. The molecule has 0 saturated carbocycles. The van der Waals surface area contributed by atoms with Crippen LogP contribution in [0, 0.1) is 17.5 Å². The SMILES string of the molecule is NC(=O)c1cc(-c2cccnc2[C@H](Cc2cc(F)cc(F)c2)NC(=O)Cn2cc(Br)c(C(F)(F)F)n2)ccc1F. The van der Waals surface area contributed by atoms with Gasteiger partial charge in [0.15, 0.2) is 5.69 Å². The maximum atomic E-state index is 14.1. The third-order valence-corrected chi connectivity index (χ3v) is 6.28. The minimum absolute atomic E-state index is 0.137. The van der Waals surface area contributed by atoms with Crippen LogP contribution in [-0.4, -0.2) is 26.6 Å². The fourth-order valence-corrected chi connectivity index (χ4v) is 4.60. The Hall–Kier alpha value is -4.20. The highest BCUT2D eigenvalue weighted by atomic mass is 79.9. The largest absolute Gasteiger partial charge is 0.436 e. The van der Waals surface area contributed by atoms with Crippen molar-refractivity contribution in [1.29, 1.82) is 0 Å². The fourth-order valence-electron chi connectivity index (χ4n) is 4.06. The summed E-state index contributed by atoms with van der Waals surface area (Å²) in [5.74, 6) is -4.41. The van der Waals surface area contributed by atoms with Crippen LogP contribution in [0.25, 0.3) is 11.1 Å². The van der Waals surface area contributed by atoms with E-state index < -0.39 is 59.3 Å². The van der Waals surface area contributed by atoms with Crippen molar-refractivity contribution in [1.82, 2.24) is 20.1 Å². The first-order chi connectivity index (χ1) is 18.8. The van der Waals surface area contributed by atoms with Crippen LogP contribution in [0.2, 0.25) is 0 Å². The number of carbonyl (C=O) groups excluding carboxylic acids is 2. The Morgan fingerprint density at radius 1 is 1.05 bits per heavy atom. The summed E-state index contributed by atoms with van der Waals surface area (Å²) < 4.78 is 81.8. The lowest BCUT2D eigenvalue weighted by Crippen LogP contribution is -2.34. The third kappa shape index (κ3) is 6.68. The van der Waals surface area contributed by atoms with Gasteiger partial charge in [-0.05, 0) is 63.8 Å². The monoisotopic (exact) mass is 625 g/mol. The molecule has 1 atom stereocenters. The van der Waals surface area contributed by atoms with Crippen molar-refractivity contribution in [2.75, 3.05) is 0 Å². The molecule has 0 unspecified atom stereocenters. The van der Waals surface area contributed by atoms with E-state index in [1.165, 1.54) is 24.4 Å². The maximum Gasteiger partial charge on any atom is 0.436 e. The van der Waals surface area contributed by atoms with Gasteiger partial charge in [-0.25, -0.2) is 13.2 Å². The summed E-state index contributed by atoms with van der Waals surface area (Å²) in [5.41, 5.74) is 4.57. The molecule has 0 radical (unpaired) electrons. The van der Waals surface area contributed by atoms with Gasteiger partial charge in [0.05, 0.1) is 21.8 Å². The quantitative estimate of drug-likeness (QED) is 0.258. The highest BCUT2D eigenvalue weighted by Gasteiger charge is 2.37. The number of hydrogen-bond acceptors (Lipinski definition) is 4. The third-order valence-electron chi connectivity index (χ3n) is 5.70. The van der Waals surface area contributed by atoms with E-state index in [0.29, 0.717) is 17.2 Å². The van der Waals surface area contributed by atoms with E-state index >= 15 is 0 Å². The highest BCUT2D eigenvalue weighted by Crippen LogP contribution is 2.34. The summed E-state index contributed by atoms with van der Waals surface area (Å²) in [6.07, 6.45) is -2.59. The molecule has 2 amide bonds. The van der Waals surface area contributed by atoms with Crippen molar-refractivity contribution in [2.45, 2.75) is 25.2 Å². The standard InChI is InChI=1S/C26H18BrF6N5O2/c27-19-11-38(37-24(19)26(31,32)33)12-22(39)36-21(8-13-6-15(28)10-16(29)7-13)23-17(2-1-5-35-23)14-3-4-20(30)18(9-14)25(34)40/h1-7,9-11,21H,8,12H2,(H2,34,40)(H,36,39)/t21-/m0/s1. The van der Waals surface area contributed by atoms with Crippen LogP contribution < -0.4 is 11.1 Å². The second kappa shape index (κ2) is 11.5. The molecule has 4 aromatic rings. The number of benzene rings is 2. The lowest BCUT2D eigenvalue weighted by atomic mass is 9.94. The molecule has 0 fully saturated rings. The first kappa shape index (κ1) is 28.8. The molecular weight excluding hydrogens is 608 g/mol. The Bertz CT molecular complexity index is 1570. The molecule has 0 aliphatic carbocycles. The number of nitrogens with one attached hydrogen (secondary N) is 1. The summed E-state index contributed by atoms with van der Waals surface area (Å²) in [5, 5.41) is 6.02. The Morgan fingerprint density at radius 2 is 1.75 bits per heavy atom. The number of aromatic nitrogens is 3. The van der Waals surface area contributed by atoms with E-state index in [9.17, 15) is 35.9 Å². The van der Waals surface area contributed by atoms with Gasteiger partial charge in [-0.3, -0.25) is 19.3 Å². The van der Waals surface area contributed by atoms with Gasteiger partial charge in [0.2, 0.25) is 5.91 Å².